The number of amides is 1. The summed E-state index contributed by atoms with van der Waals surface area (Å²) in [5.74, 6) is 1.32. The summed E-state index contributed by atoms with van der Waals surface area (Å²) in [5, 5.41) is 4.18. The molecule has 0 saturated heterocycles. The fraction of sp³-hybridized carbons (Fsp3) is 0.192. The monoisotopic (exact) mass is 414 g/mol. The molecule has 0 fully saturated rings. The zero-order valence-corrected chi connectivity index (χ0v) is 17.7. The average molecular weight is 415 g/mol. The molecule has 5 heteroatoms. The van der Waals surface area contributed by atoms with Crippen LogP contribution in [0.4, 0.5) is 0 Å². The van der Waals surface area contributed by atoms with E-state index in [2.05, 4.69) is 22.4 Å². The Morgan fingerprint density at radius 2 is 1.68 bits per heavy atom. The Morgan fingerprint density at radius 3 is 2.42 bits per heavy atom. The highest BCUT2D eigenvalue weighted by molar-refractivity contribution is 5.84. The topological polar surface area (TPSA) is 63.4 Å². The van der Waals surface area contributed by atoms with E-state index in [1.807, 2.05) is 73.8 Å². The van der Waals surface area contributed by atoms with E-state index in [-0.39, 0.29) is 18.4 Å². The molecule has 31 heavy (non-hydrogen) atoms. The van der Waals surface area contributed by atoms with Crippen LogP contribution in [-0.2, 0) is 4.79 Å². The fourth-order valence-electron chi connectivity index (χ4n) is 3.68. The van der Waals surface area contributed by atoms with Gasteiger partial charge < -0.3 is 19.8 Å². The Hall–Kier alpha value is -3.73. The lowest BCUT2D eigenvalue weighted by Gasteiger charge is -2.19. The number of para-hydroxylation sites is 1. The number of carbonyl (C=O) groups is 1. The summed E-state index contributed by atoms with van der Waals surface area (Å²) in [6.07, 6.45) is 2.02. The summed E-state index contributed by atoms with van der Waals surface area (Å²) in [5.41, 5.74) is 4.47. The number of rotatable bonds is 8. The third kappa shape index (κ3) is 4.89. The number of benzene rings is 3. The molecule has 0 saturated carbocycles. The molecule has 1 heterocycles. The van der Waals surface area contributed by atoms with Gasteiger partial charge in [0.05, 0.1) is 7.11 Å². The van der Waals surface area contributed by atoms with Gasteiger partial charge in [-0.2, -0.15) is 0 Å². The van der Waals surface area contributed by atoms with Crippen LogP contribution in [0, 0.1) is 6.92 Å². The highest BCUT2D eigenvalue weighted by Gasteiger charge is 2.19. The molecule has 0 aliphatic rings. The number of hydrogen-bond donors (Lipinski definition) is 2. The minimum atomic E-state index is -0.154. The van der Waals surface area contributed by atoms with Gasteiger partial charge in [-0.3, -0.25) is 4.79 Å². The SMILES string of the molecule is COc1ccc([C@H](CNC(=O)COc2ccc(C)cc2)c2c[nH]c3ccccc23)cc1. The maximum Gasteiger partial charge on any atom is 0.257 e. The second-order valence-corrected chi connectivity index (χ2v) is 7.52. The van der Waals surface area contributed by atoms with Crippen molar-refractivity contribution in [2.45, 2.75) is 12.8 Å². The van der Waals surface area contributed by atoms with Gasteiger partial charge >= 0.3 is 0 Å². The first-order valence-electron chi connectivity index (χ1n) is 10.3. The molecule has 1 atom stereocenters. The van der Waals surface area contributed by atoms with Crippen LogP contribution >= 0.6 is 0 Å². The van der Waals surface area contributed by atoms with E-state index >= 15 is 0 Å². The van der Waals surface area contributed by atoms with E-state index < -0.39 is 0 Å². The van der Waals surface area contributed by atoms with Gasteiger partial charge in [-0.05, 0) is 48.4 Å². The van der Waals surface area contributed by atoms with Crippen molar-refractivity contribution in [1.29, 1.82) is 0 Å². The average Bonchev–Trinajstić information content (AvgIpc) is 3.23. The predicted octanol–water partition coefficient (Wildman–Crippen LogP) is 4.81. The molecular weight excluding hydrogens is 388 g/mol. The Labute approximate surface area is 182 Å². The van der Waals surface area contributed by atoms with Gasteiger partial charge in [0.15, 0.2) is 6.61 Å². The molecule has 158 valence electrons. The van der Waals surface area contributed by atoms with Crippen LogP contribution < -0.4 is 14.8 Å². The zero-order chi connectivity index (χ0) is 21.6. The van der Waals surface area contributed by atoms with Crippen LogP contribution in [0.25, 0.3) is 10.9 Å². The molecule has 2 N–H and O–H groups in total. The first kappa shape index (κ1) is 20.5. The van der Waals surface area contributed by atoms with Crippen molar-refractivity contribution in [3.8, 4) is 11.5 Å². The lowest BCUT2D eigenvalue weighted by Crippen LogP contribution is -2.32. The molecule has 0 unspecified atom stereocenters. The highest BCUT2D eigenvalue weighted by Crippen LogP contribution is 2.31. The van der Waals surface area contributed by atoms with Gasteiger partial charge in [-0.25, -0.2) is 0 Å². The molecule has 0 aliphatic heterocycles. The summed E-state index contributed by atoms with van der Waals surface area (Å²) >= 11 is 0. The molecule has 0 spiro atoms. The minimum absolute atomic E-state index is 0.00891. The summed E-state index contributed by atoms with van der Waals surface area (Å²) in [7, 11) is 1.65. The standard InChI is InChI=1S/C26H26N2O3/c1-18-7-11-21(12-8-18)31-17-26(29)28-15-23(19-9-13-20(30-2)14-10-19)24-16-27-25-6-4-3-5-22(24)25/h3-14,16,23,27H,15,17H2,1-2H3,(H,28,29)/t23-/m0/s1. The number of methoxy groups -OCH3 is 1. The van der Waals surface area contributed by atoms with Crippen LogP contribution in [0.15, 0.2) is 79.0 Å². The Bertz CT molecular complexity index is 1150. The lowest BCUT2D eigenvalue weighted by molar-refractivity contribution is -0.123. The molecule has 3 aromatic carbocycles. The van der Waals surface area contributed by atoms with Gasteiger partial charge in [0.25, 0.3) is 5.91 Å². The molecule has 4 rings (SSSR count). The molecule has 0 bridgehead atoms. The van der Waals surface area contributed by atoms with Crippen LogP contribution in [0.3, 0.4) is 0 Å². The van der Waals surface area contributed by atoms with Crippen LogP contribution in [0.1, 0.15) is 22.6 Å². The fourth-order valence-corrected chi connectivity index (χ4v) is 3.68. The molecule has 5 nitrogen and oxygen atoms in total. The number of carbonyl (C=O) groups excluding carboxylic acids is 1. The molecule has 0 aliphatic carbocycles. The van der Waals surface area contributed by atoms with Crippen molar-refractivity contribution in [2.24, 2.45) is 0 Å². The van der Waals surface area contributed by atoms with Crippen molar-refractivity contribution < 1.29 is 14.3 Å². The molecular formula is C26H26N2O3. The van der Waals surface area contributed by atoms with Crippen molar-refractivity contribution in [3.05, 3.63) is 95.7 Å². The summed E-state index contributed by atoms with van der Waals surface area (Å²) in [6, 6.07) is 23.8. The van der Waals surface area contributed by atoms with Crippen LogP contribution in [0.5, 0.6) is 11.5 Å². The maximum absolute atomic E-state index is 12.5. The van der Waals surface area contributed by atoms with E-state index in [4.69, 9.17) is 9.47 Å². The molecule has 0 radical (unpaired) electrons. The number of hydrogen-bond acceptors (Lipinski definition) is 3. The van der Waals surface area contributed by atoms with Gasteiger partial charge in [0.1, 0.15) is 11.5 Å². The van der Waals surface area contributed by atoms with Gasteiger partial charge in [-0.1, -0.05) is 48.0 Å². The van der Waals surface area contributed by atoms with Gasteiger partial charge in [0.2, 0.25) is 0 Å². The minimum Gasteiger partial charge on any atom is -0.497 e. The largest absolute Gasteiger partial charge is 0.497 e. The summed E-state index contributed by atoms with van der Waals surface area (Å²) in [4.78, 5) is 15.8. The maximum atomic E-state index is 12.5. The number of H-pyrrole nitrogens is 1. The Kier molecular flexibility index (Phi) is 6.22. The van der Waals surface area contributed by atoms with E-state index in [1.54, 1.807) is 7.11 Å². The third-order valence-corrected chi connectivity index (χ3v) is 5.41. The number of ether oxygens (including phenoxy) is 2. The summed E-state index contributed by atoms with van der Waals surface area (Å²) in [6.45, 7) is 2.46. The quantitative estimate of drug-likeness (QED) is 0.435. The zero-order valence-electron chi connectivity index (χ0n) is 17.7. The first-order chi connectivity index (χ1) is 15.1. The van der Waals surface area contributed by atoms with E-state index in [1.165, 1.54) is 0 Å². The normalized spacial score (nSPS) is 11.8. The number of nitrogens with one attached hydrogen (secondary N) is 2. The number of fused-ring (bicyclic) bond motifs is 1. The van der Waals surface area contributed by atoms with Crippen molar-refractivity contribution in [2.75, 3.05) is 20.3 Å². The molecule has 1 amide bonds. The Morgan fingerprint density at radius 1 is 0.968 bits per heavy atom. The predicted molar refractivity (Wildman–Crippen MR) is 123 cm³/mol. The first-order valence-corrected chi connectivity index (χ1v) is 10.3. The molecule has 4 aromatic rings. The highest BCUT2D eigenvalue weighted by atomic mass is 16.5. The number of aromatic amines is 1. The second-order valence-electron chi connectivity index (χ2n) is 7.52. The van der Waals surface area contributed by atoms with Crippen molar-refractivity contribution >= 4 is 16.8 Å². The van der Waals surface area contributed by atoms with E-state index in [9.17, 15) is 4.79 Å². The van der Waals surface area contributed by atoms with Gasteiger partial charge in [-0.15, -0.1) is 0 Å². The third-order valence-electron chi connectivity index (χ3n) is 5.41. The van der Waals surface area contributed by atoms with Crippen LogP contribution in [0.2, 0.25) is 0 Å². The smallest absolute Gasteiger partial charge is 0.257 e. The van der Waals surface area contributed by atoms with Gasteiger partial charge in [0, 0.05) is 29.6 Å². The number of aryl methyl sites for hydroxylation is 1. The van der Waals surface area contributed by atoms with E-state index in [0.717, 1.165) is 33.3 Å². The second kappa shape index (κ2) is 9.39. The summed E-state index contributed by atoms with van der Waals surface area (Å²) < 4.78 is 10.9. The Balaban J connectivity index is 1.50. The molecule has 1 aromatic heterocycles. The van der Waals surface area contributed by atoms with Crippen molar-refractivity contribution in [1.82, 2.24) is 10.3 Å². The van der Waals surface area contributed by atoms with E-state index in [0.29, 0.717) is 12.3 Å². The van der Waals surface area contributed by atoms with Crippen molar-refractivity contribution in [3.63, 3.8) is 0 Å². The lowest BCUT2D eigenvalue weighted by atomic mass is 9.91. The number of aromatic nitrogens is 1. The van der Waals surface area contributed by atoms with Crippen LogP contribution in [-0.4, -0.2) is 31.2 Å².